The number of benzene rings is 1. The largest absolute Gasteiger partial charge is 0.489 e. The van der Waals surface area contributed by atoms with Crippen LogP contribution in [0.2, 0.25) is 10.0 Å². The fraction of sp³-hybridized carbons (Fsp3) is 0.333. The van der Waals surface area contributed by atoms with Crippen LogP contribution in [0.15, 0.2) is 24.4 Å². The van der Waals surface area contributed by atoms with E-state index in [9.17, 15) is 0 Å². The van der Waals surface area contributed by atoms with Gasteiger partial charge in [-0.2, -0.15) is 0 Å². The zero-order valence-corrected chi connectivity index (χ0v) is 11.7. The quantitative estimate of drug-likeness (QED) is 0.888. The number of rotatable bonds is 6. The molecule has 1 heterocycles. The first kappa shape index (κ1) is 14.1. The van der Waals surface area contributed by atoms with E-state index in [4.69, 9.17) is 33.7 Å². The number of para-hydroxylation sites is 1. The van der Waals surface area contributed by atoms with Gasteiger partial charge >= 0.3 is 0 Å². The first-order valence-corrected chi connectivity index (χ1v) is 6.62. The van der Waals surface area contributed by atoms with Gasteiger partial charge in [-0.1, -0.05) is 34.5 Å². The molecule has 0 aliphatic heterocycles. The summed E-state index contributed by atoms with van der Waals surface area (Å²) in [5, 5.41) is 8.96. The molecule has 5 nitrogen and oxygen atoms in total. The van der Waals surface area contributed by atoms with Crippen LogP contribution in [-0.2, 0) is 13.0 Å². The van der Waals surface area contributed by atoms with Gasteiger partial charge in [0.1, 0.15) is 6.61 Å². The maximum absolute atomic E-state index is 6.00. The van der Waals surface area contributed by atoms with Crippen molar-refractivity contribution in [3.05, 3.63) is 40.1 Å². The monoisotopic (exact) mass is 300 g/mol. The lowest BCUT2D eigenvalue weighted by molar-refractivity contribution is 0.290. The molecular weight excluding hydrogens is 287 g/mol. The summed E-state index contributed by atoms with van der Waals surface area (Å²) in [6.07, 6.45) is 2.57. The second-order valence-corrected chi connectivity index (χ2v) is 4.73. The molecule has 0 saturated heterocycles. The van der Waals surface area contributed by atoms with E-state index in [0.29, 0.717) is 35.5 Å². The van der Waals surface area contributed by atoms with E-state index in [1.54, 1.807) is 22.9 Å². The molecule has 1 aromatic carbocycles. The minimum Gasteiger partial charge on any atom is -0.489 e. The van der Waals surface area contributed by atoms with Crippen molar-refractivity contribution in [2.75, 3.05) is 13.2 Å². The fourth-order valence-corrected chi connectivity index (χ4v) is 2.08. The Balaban J connectivity index is 1.89. The van der Waals surface area contributed by atoms with Crippen molar-refractivity contribution in [1.82, 2.24) is 15.0 Å². The Labute approximate surface area is 121 Å². The summed E-state index contributed by atoms with van der Waals surface area (Å²) in [4.78, 5) is 0. The molecule has 0 fully saturated rings. The molecule has 2 rings (SSSR count). The normalized spacial score (nSPS) is 10.7. The molecule has 0 aliphatic rings. The third-order valence-corrected chi connectivity index (χ3v) is 3.07. The molecule has 1 aromatic heterocycles. The number of nitrogens with two attached hydrogens (primary N) is 1. The molecule has 2 aromatic rings. The van der Waals surface area contributed by atoms with Crippen molar-refractivity contribution < 1.29 is 4.74 Å². The number of hydrogen-bond acceptors (Lipinski definition) is 4. The molecule has 0 aliphatic carbocycles. The lowest BCUT2D eigenvalue weighted by atomic mass is 10.3. The second kappa shape index (κ2) is 6.75. The van der Waals surface area contributed by atoms with Crippen LogP contribution in [0, 0.1) is 0 Å². The summed E-state index contributed by atoms with van der Waals surface area (Å²) in [7, 11) is 0. The van der Waals surface area contributed by atoms with Gasteiger partial charge in [0.2, 0.25) is 0 Å². The standard InChI is InChI=1S/C12H14Cl2N4O/c13-10-2-1-3-11(14)12(10)19-7-6-18-8-9(4-5-15)16-17-18/h1-3,8H,4-7,15H2. The summed E-state index contributed by atoms with van der Waals surface area (Å²) >= 11 is 12.0. The Morgan fingerprint density at radius 2 is 2.00 bits per heavy atom. The van der Waals surface area contributed by atoms with E-state index in [2.05, 4.69) is 10.3 Å². The maximum Gasteiger partial charge on any atom is 0.156 e. The molecule has 0 bridgehead atoms. The Bertz CT molecular complexity index is 524. The van der Waals surface area contributed by atoms with E-state index in [-0.39, 0.29) is 0 Å². The SMILES string of the molecule is NCCc1cn(CCOc2c(Cl)cccc2Cl)nn1. The van der Waals surface area contributed by atoms with Crippen molar-refractivity contribution in [1.29, 1.82) is 0 Å². The van der Waals surface area contributed by atoms with Crippen LogP contribution >= 0.6 is 23.2 Å². The Morgan fingerprint density at radius 1 is 1.26 bits per heavy atom. The maximum atomic E-state index is 6.00. The topological polar surface area (TPSA) is 66.0 Å². The van der Waals surface area contributed by atoms with Gasteiger partial charge in [-0.15, -0.1) is 5.10 Å². The van der Waals surface area contributed by atoms with E-state index in [0.717, 1.165) is 12.1 Å². The van der Waals surface area contributed by atoms with Gasteiger partial charge in [0.05, 0.1) is 22.3 Å². The summed E-state index contributed by atoms with van der Waals surface area (Å²) in [6.45, 7) is 1.54. The predicted octanol–water partition coefficient (Wildman–Crippen LogP) is 2.17. The summed E-state index contributed by atoms with van der Waals surface area (Å²) in [5.74, 6) is 0.494. The zero-order valence-electron chi connectivity index (χ0n) is 10.2. The second-order valence-electron chi connectivity index (χ2n) is 3.91. The molecule has 0 spiro atoms. The van der Waals surface area contributed by atoms with Crippen molar-refractivity contribution in [3.8, 4) is 5.75 Å². The van der Waals surface area contributed by atoms with Crippen molar-refractivity contribution in [2.45, 2.75) is 13.0 Å². The highest BCUT2D eigenvalue weighted by atomic mass is 35.5. The highest BCUT2D eigenvalue weighted by molar-refractivity contribution is 6.37. The molecule has 7 heteroatoms. The molecular formula is C12H14Cl2N4O. The number of halogens is 2. The number of hydrogen-bond donors (Lipinski definition) is 1. The molecule has 0 atom stereocenters. The Morgan fingerprint density at radius 3 is 2.68 bits per heavy atom. The first-order chi connectivity index (χ1) is 9.20. The predicted molar refractivity (Wildman–Crippen MR) is 74.7 cm³/mol. The van der Waals surface area contributed by atoms with Crippen LogP contribution in [0.4, 0.5) is 0 Å². The summed E-state index contributed by atoms with van der Waals surface area (Å²) in [6, 6.07) is 5.24. The molecule has 19 heavy (non-hydrogen) atoms. The van der Waals surface area contributed by atoms with Gasteiger partial charge < -0.3 is 10.5 Å². The number of aromatic nitrogens is 3. The van der Waals surface area contributed by atoms with E-state index < -0.39 is 0 Å². The van der Waals surface area contributed by atoms with Crippen LogP contribution < -0.4 is 10.5 Å². The average Bonchev–Trinajstić information content (AvgIpc) is 2.81. The summed E-state index contributed by atoms with van der Waals surface area (Å²) < 4.78 is 7.27. The lowest BCUT2D eigenvalue weighted by Crippen LogP contribution is -2.09. The highest BCUT2D eigenvalue weighted by Gasteiger charge is 2.06. The van der Waals surface area contributed by atoms with Crippen molar-refractivity contribution >= 4 is 23.2 Å². The molecule has 0 radical (unpaired) electrons. The van der Waals surface area contributed by atoms with E-state index >= 15 is 0 Å². The van der Waals surface area contributed by atoms with E-state index in [1.807, 2.05) is 6.20 Å². The van der Waals surface area contributed by atoms with Gasteiger partial charge in [-0.25, -0.2) is 4.68 Å². The van der Waals surface area contributed by atoms with Gasteiger partial charge in [0.25, 0.3) is 0 Å². The zero-order chi connectivity index (χ0) is 13.7. The average molecular weight is 301 g/mol. The third-order valence-electron chi connectivity index (χ3n) is 2.47. The highest BCUT2D eigenvalue weighted by Crippen LogP contribution is 2.32. The number of ether oxygens (including phenoxy) is 1. The van der Waals surface area contributed by atoms with Crippen molar-refractivity contribution in [3.63, 3.8) is 0 Å². The van der Waals surface area contributed by atoms with Gasteiger partial charge in [0, 0.05) is 12.6 Å². The molecule has 2 N–H and O–H groups in total. The van der Waals surface area contributed by atoms with Crippen LogP contribution in [0.25, 0.3) is 0 Å². The van der Waals surface area contributed by atoms with Crippen molar-refractivity contribution in [2.24, 2.45) is 5.73 Å². The fourth-order valence-electron chi connectivity index (χ4n) is 1.57. The van der Waals surface area contributed by atoms with Gasteiger partial charge in [-0.3, -0.25) is 0 Å². The minimum atomic E-state index is 0.412. The van der Waals surface area contributed by atoms with Gasteiger partial charge in [0.15, 0.2) is 5.75 Å². The van der Waals surface area contributed by atoms with E-state index in [1.165, 1.54) is 0 Å². The third kappa shape index (κ3) is 3.83. The van der Waals surface area contributed by atoms with Crippen LogP contribution in [-0.4, -0.2) is 28.1 Å². The smallest absolute Gasteiger partial charge is 0.156 e. The summed E-state index contributed by atoms with van der Waals surface area (Å²) in [5.41, 5.74) is 6.32. The molecule has 0 unspecified atom stereocenters. The van der Waals surface area contributed by atoms with Crippen LogP contribution in [0.5, 0.6) is 5.75 Å². The number of nitrogens with zero attached hydrogens (tertiary/aromatic N) is 3. The van der Waals surface area contributed by atoms with Crippen LogP contribution in [0.3, 0.4) is 0 Å². The molecule has 0 saturated carbocycles. The van der Waals surface area contributed by atoms with Gasteiger partial charge in [-0.05, 0) is 18.7 Å². The molecule has 102 valence electrons. The van der Waals surface area contributed by atoms with Crippen LogP contribution in [0.1, 0.15) is 5.69 Å². The lowest BCUT2D eigenvalue weighted by Gasteiger charge is -2.09. The minimum absolute atomic E-state index is 0.412. The Kier molecular flexibility index (Phi) is 5.01. The Hall–Kier alpha value is -1.30. The first-order valence-electron chi connectivity index (χ1n) is 5.86. The molecule has 0 amide bonds.